The molecule has 4 saturated carbocycles. The summed E-state index contributed by atoms with van der Waals surface area (Å²) in [6, 6.07) is 2.52. The molecule has 0 saturated heterocycles. The summed E-state index contributed by atoms with van der Waals surface area (Å²) in [5, 5.41) is 13.1. The number of carbonyl (C=O) groups excluding carboxylic acids is 2. The second-order valence-electron chi connectivity index (χ2n) is 16.4. The van der Waals surface area contributed by atoms with E-state index in [1.807, 2.05) is 6.92 Å². The third-order valence-electron chi connectivity index (χ3n) is 13.5. The van der Waals surface area contributed by atoms with Gasteiger partial charge in [-0.15, -0.1) is 0 Å². The Bertz CT molecular complexity index is 1100. The molecule has 0 aliphatic heterocycles. The number of rotatable bonds is 3. The SMILES string of the molecule is CCNC(=O)C[C@]12CCC(C)(C)CC1C1C(=O)C[C@@H]3[C@@]4(C)C=C(C#N)CC(C)(C)[C@@H]4CC[C@@]3(C)[C@]1(C)CC2. The molecule has 4 nitrogen and oxygen atoms in total. The molecule has 4 fully saturated rings. The molecule has 0 aromatic heterocycles. The molecule has 5 aliphatic carbocycles. The van der Waals surface area contributed by atoms with Crippen LogP contribution in [0.25, 0.3) is 0 Å². The zero-order valence-electron chi connectivity index (χ0n) is 25.4. The van der Waals surface area contributed by atoms with Crippen LogP contribution in [-0.2, 0) is 9.59 Å². The van der Waals surface area contributed by atoms with E-state index in [0.717, 1.165) is 50.5 Å². The number of fused-ring (bicyclic) bond motifs is 7. The van der Waals surface area contributed by atoms with Crippen molar-refractivity contribution in [3.63, 3.8) is 0 Å². The molecular formula is C34H52N2O2. The second kappa shape index (κ2) is 8.68. The molecule has 0 bridgehead atoms. The van der Waals surface area contributed by atoms with E-state index in [4.69, 9.17) is 0 Å². The number of ketones is 1. The quantitative estimate of drug-likeness (QED) is 0.416. The standard InChI is InChI=1S/C34H52N2O2/c1-9-36-27(38)20-34-14-12-29(2,3)19-23(34)28-24(37)16-26-31(6)18-22(21-35)17-30(4,5)25(31)10-11-32(26,7)33(28,8)13-15-34/h18,23,25-26,28H,9-17,19-20H2,1-8H3,(H,36,38)/t23?,25-,26+,28?,31-,32+,33+,34+/m0/s1. The van der Waals surface area contributed by atoms with Crippen molar-refractivity contribution in [3.8, 4) is 6.07 Å². The summed E-state index contributed by atoms with van der Waals surface area (Å²) in [5.74, 6) is 1.68. The van der Waals surface area contributed by atoms with Gasteiger partial charge in [0.15, 0.2) is 0 Å². The van der Waals surface area contributed by atoms with E-state index in [0.29, 0.717) is 31.1 Å². The lowest BCUT2D eigenvalue weighted by Crippen LogP contribution is -2.68. The highest BCUT2D eigenvalue weighted by Gasteiger charge is 2.71. The molecule has 0 spiro atoms. The maximum absolute atomic E-state index is 14.6. The Hall–Kier alpha value is -1.63. The molecule has 4 heteroatoms. The van der Waals surface area contributed by atoms with Crippen molar-refractivity contribution in [1.29, 1.82) is 5.26 Å². The van der Waals surface area contributed by atoms with Crippen LogP contribution in [0.2, 0.25) is 0 Å². The highest BCUT2D eigenvalue weighted by atomic mass is 16.1. The van der Waals surface area contributed by atoms with Crippen molar-refractivity contribution < 1.29 is 9.59 Å². The maximum atomic E-state index is 14.6. The fourth-order valence-corrected chi connectivity index (χ4v) is 11.5. The Morgan fingerprint density at radius 1 is 1.00 bits per heavy atom. The lowest BCUT2D eigenvalue weighted by Gasteiger charge is -2.72. The van der Waals surface area contributed by atoms with Gasteiger partial charge in [-0.1, -0.05) is 54.5 Å². The van der Waals surface area contributed by atoms with E-state index in [1.165, 1.54) is 6.42 Å². The van der Waals surface area contributed by atoms with Gasteiger partial charge in [-0.25, -0.2) is 0 Å². The van der Waals surface area contributed by atoms with Crippen molar-refractivity contribution in [1.82, 2.24) is 5.32 Å². The minimum atomic E-state index is -0.134. The monoisotopic (exact) mass is 520 g/mol. The van der Waals surface area contributed by atoms with E-state index < -0.39 is 0 Å². The van der Waals surface area contributed by atoms with E-state index in [9.17, 15) is 14.9 Å². The number of Topliss-reactive ketones (excluding diaryl/α,β-unsaturated/α-hetero) is 1. The Balaban J connectivity index is 1.59. The smallest absolute Gasteiger partial charge is 0.220 e. The molecule has 210 valence electrons. The molecule has 8 atom stereocenters. The maximum Gasteiger partial charge on any atom is 0.220 e. The number of nitrogens with one attached hydrogen (secondary N) is 1. The highest BCUT2D eigenvalue weighted by molar-refractivity contribution is 5.85. The normalized spacial score (nSPS) is 46.8. The Morgan fingerprint density at radius 2 is 1.68 bits per heavy atom. The van der Waals surface area contributed by atoms with Crippen molar-refractivity contribution in [2.24, 2.45) is 56.2 Å². The average Bonchev–Trinajstić information content (AvgIpc) is 2.80. The van der Waals surface area contributed by atoms with E-state index >= 15 is 0 Å². The molecule has 1 amide bonds. The van der Waals surface area contributed by atoms with Crippen LogP contribution in [0.5, 0.6) is 0 Å². The summed E-state index contributed by atoms with van der Waals surface area (Å²) in [6.45, 7) is 19.5. The molecule has 0 radical (unpaired) electrons. The van der Waals surface area contributed by atoms with Gasteiger partial charge >= 0.3 is 0 Å². The van der Waals surface area contributed by atoms with Crippen LogP contribution in [0, 0.1) is 67.5 Å². The van der Waals surface area contributed by atoms with E-state index in [-0.39, 0.29) is 56.2 Å². The average molecular weight is 521 g/mol. The highest BCUT2D eigenvalue weighted by Crippen LogP contribution is 2.76. The van der Waals surface area contributed by atoms with E-state index in [2.05, 4.69) is 65.9 Å². The largest absolute Gasteiger partial charge is 0.356 e. The van der Waals surface area contributed by atoms with Gasteiger partial charge in [0.05, 0.1) is 6.07 Å². The van der Waals surface area contributed by atoms with Crippen molar-refractivity contribution in [2.75, 3.05) is 6.54 Å². The van der Waals surface area contributed by atoms with Gasteiger partial charge in [-0.05, 0) is 109 Å². The molecular weight excluding hydrogens is 468 g/mol. The molecule has 0 heterocycles. The van der Waals surface area contributed by atoms with Crippen molar-refractivity contribution in [2.45, 2.75) is 120 Å². The number of hydrogen-bond donors (Lipinski definition) is 1. The van der Waals surface area contributed by atoms with Crippen LogP contribution in [-0.4, -0.2) is 18.2 Å². The van der Waals surface area contributed by atoms with Crippen LogP contribution in [0.1, 0.15) is 120 Å². The molecule has 1 N–H and O–H groups in total. The van der Waals surface area contributed by atoms with Crippen LogP contribution >= 0.6 is 0 Å². The van der Waals surface area contributed by atoms with Gasteiger partial charge in [-0.3, -0.25) is 9.59 Å². The first-order chi connectivity index (χ1) is 17.6. The molecule has 0 aromatic carbocycles. The Morgan fingerprint density at radius 3 is 2.34 bits per heavy atom. The minimum absolute atomic E-state index is 0.0302. The number of carbonyl (C=O) groups is 2. The zero-order chi connectivity index (χ0) is 27.9. The summed E-state index contributed by atoms with van der Waals surface area (Å²) in [4.78, 5) is 27.6. The Kier molecular flexibility index (Phi) is 6.38. The molecule has 2 unspecified atom stereocenters. The summed E-state index contributed by atoms with van der Waals surface area (Å²) < 4.78 is 0. The third kappa shape index (κ3) is 3.80. The van der Waals surface area contributed by atoms with Gasteiger partial charge < -0.3 is 5.32 Å². The third-order valence-corrected chi connectivity index (χ3v) is 13.5. The predicted molar refractivity (Wildman–Crippen MR) is 152 cm³/mol. The zero-order valence-corrected chi connectivity index (χ0v) is 25.4. The fourth-order valence-electron chi connectivity index (χ4n) is 11.5. The number of hydrogen-bond acceptors (Lipinski definition) is 3. The van der Waals surface area contributed by atoms with Crippen molar-refractivity contribution in [3.05, 3.63) is 11.6 Å². The first-order valence-corrected chi connectivity index (χ1v) is 15.5. The van der Waals surface area contributed by atoms with Crippen LogP contribution in [0.4, 0.5) is 0 Å². The summed E-state index contributed by atoms with van der Waals surface area (Å²) >= 11 is 0. The molecule has 5 aliphatic rings. The lowest BCUT2D eigenvalue weighted by molar-refractivity contribution is -0.224. The number of nitriles is 1. The second-order valence-corrected chi connectivity index (χ2v) is 16.4. The molecule has 38 heavy (non-hydrogen) atoms. The van der Waals surface area contributed by atoms with Crippen LogP contribution in [0.15, 0.2) is 11.6 Å². The van der Waals surface area contributed by atoms with E-state index in [1.54, 1.807) is 0 Å². The molecule has 0 aromatic rings. The first kappa shape index (κ1) is 27.9. The van der Waals surface area contributed by atoms with Gasteiger partial charge in [0.25, 0.3) is 0 Å². The number of nitrogens with zero attached hydrogens (tertiary/aromatic N) is 1. The topological polar surface area (TPSA) is 70.0 Å². The summed E-state index contributed by atoms with van der Waals surface area (Å²) in [5.41, 5.74) is 0.958. The Labute approximate surface area is 231 Å². The van der Waals surface area contributed by atoms with Gasteiger partial charge in [-0.2, -0.15) is 5.26 Å². The predicted octanol–water partition coefficient (Wildman–Crippen LogP) is 7.63. The van der Waals surface area contributed by atoms with Gasteiger partial charge in [0.2, 0.25) is 5.91 Å². The summed E-state index contributed by atoms with van der Waals surface area (Å²) in [7, 11) is 0. The molecule has 5 rings (SSSR count). The van der Waals surface area contributed by atoms with Gasteiger partial charge in [0.1, 0.15) is 5.78 Å². The first-order valence-electron chi connectivity index (χ1n) is 15.5. The number of amides is 1. The lowest BCUT2D eigenvalue weighted by atomic mass is 9.31. The number of allylic oxidation sites excluding steroid dienone is 2. The summed E-state index contributed by atoms with van der Waals surface area (Å²) in [6.07, 6.45) is 12.0. The van der Waals surface area contributed by atoms with Crippen LogP contribution in [0.3, 0.4) is 0 Å². The van der Waals surface area contributed by atoms with Crippen molar-refractivity contribution >= 4 is 11.7 Å². The van der Waals surface area contributed by atoms with Crippen LogP contribution < -0.4 is 5.32 Å². The minimum Gasteiger partial charge on any atom is -0.356 e. The van der Waals surface area contributed by atoms with Gasteiger partial charge in [0, 0.05) is 30.9 Å². The fraction of sp³-hybridized carbons (Fsp3) is 0.853.